The predicted octanol–water partition coefficient (Wildman–Crippen LogP) is 5.72. The summed E-state index contributed by atoms with van der Waals surface area (Å²) < 4.78 is 36.0. The van der Waals surface area contributed by atoms with Crippen LogP contribution in [0.2, 0.25) is 0 Å². The molecule has 0 aliphatic carbocycles. The van der Waals surface area contributed by atoms with E-state index in [1.807, 2.05) is 13.8 Å². The standard InChI is InChI=1S/C30H39NO11/c1-5-7-16-37-27(33)41-24-15-14-22(18-25(24)42-28(34)38-17-8-6-2)20-30(31,26(32)36-4)19-21(3)39-29(35)40-23-12-10-9-11-13-23/h9-15,18,21H,5-8,16-17,19-20,31H2,1-4H3/t21?,30-/m1/s1. The Morgan fingerprint density at radius 3 is 1.98 bits per heavy atom. The molecular weight excluding hydrogens is 550 g/mol. The maximum atomic E-state index is 12.8. The molecule has 1 unspecified atom stereocenters. The van der Waals surface area contributed by atoms with Gasteiger partial charge in [0.1, 0.15) is 17.4 Å². The molecule has 0 aromatic heterocycles. The summed E-state index contributed by atoms with van der Waals surface area (Å²) in [5.74, 6) is -0.729. The third kappa shape index (κ3) is 11.7. The monoisotopic (exact) mass is 589 g/mol. The highest BCUT2D eigenvalue weighted by Crippen LogP contribution is 2.32. The van der Waals surface area contributed by atoms with Gasteiger partial charge in [0.25, 0.3) is 0 Å². The Bertz CT molecular complexity index is 1170. The number of hydrogen-bond donors (Lipinski definition) is 1. The number of rotatable bonds is 15. The molecule has 0 radical (unpaired) electrons. The molecule has 2 N–H and O–H groups in total. The van der Waals surface area contributed by atoms with Crippen molar-refractivity contribution in [2.75, 3.05) is 20.3 Å². The molecule has 2 aromatic rings. The van der Waals surface area contributed by atoms with Crippen molar-refractivity contribution < 1.29 is 52.3 Å². The van der Waals surface area contributed by atoms with Gasteiger partial charge in [-0.05, 0) is 49.6 Å². The van der Waals surface area contributed by atoms with Gasteiger partial charge in [-0.3, -0.25) is 4.79 Å². The summed E-state index contributed by atoms with van der Waals surface area (Å²) in [4.78, 5) is 49.5. The molecular formula is C30H39NO11. The summed E-state index contributed by atoms with van der Waals surface area (Å²) in [6.07, 6.45) is -1.15. The third-order valence-electron chi connectivity index (χ3n) is 5.84. The first-order valence-corrected chi connectivity index (χ1v) is 13.7. The fourth-order valence-electron chi connectivity index (χ4n) is 3.79. The van der Waals surface area contributed by atoms with E-state index < -0.39 is 36.1 Å². The summed E-state index contributed by atoms with van der Waals surface area (Å²) >= 11 is 0. The Labute approximate surface area is 245 Å². The average Bonchev–Trinajstić information content (AvgIpc) is 2.94. The number of nitrogens with two attached hydrogens (primary N) is 1. The Hall–Kier alpha value is -4.32. The Morgan fingerprint density at radius 1 is 0.810 bits per heavy atom. The number of esters is 1. The topological polar surface area (TPSA) is 159 Å². The molecule has 0 bridgehead atoms. The first-order valence-electron chi connectivity index (χ1n) is 13.7. The van der Waals surface area contributed by atoms with Gasteiger partial charge in [-0.15, -0.1) is 0 Å². The van der Waals surface area contributed by atoms with Crippen LogP contribution in [-0.2, 0) is 30.2 Å². The first-order chi connectivity index (χ1) is 20.1. The Kier molecular flexibility index (Phi) is 14.1. The SMILES string of the molecule is CCCCOC(=O)Oc1ccc(C[C@](N)(CC(C)OC(=O)Oc2ccccc2)C(=O)OC)cc1OC(=O)OCCCC. The van der Waals surface area contributed by atoms with Gasteiger partial charge in [0.15, 0.2) is 11.5 Å². The molecule has 0 heterocycles. The van der Waals surface area contributed by atoms with Crippen molar-refractivity contribution in [3.63, 3.8) is 0 Å². The van der Waals surface area contributed by atoms with Gasteiger partial charge in [-0.1, -0.05) is 51.0 Å². The van der Waals surface area contributed by atoms with Crippen molar-refractivity contribution in [1.82, 2.24) is 0 Å². The van der Waals surface area contributed by atoms with Crippen molar-refractivity contribution in [3.05, 3.63) is 54.1 Å². The highest BCUT2D eigenvalue weighted by Gasteiger charge is 2.38. The van der Waals surface area contributed by atoms with Crippen LogP contribution < -0.4 is 19.9 Å². The van der Waals surface area contributed by atoms with Crippen LogP contribution in [0.4, 0.5) is 14.4 Å². The molecule has 0 fully saturated rings. The van der Waals surface area contributed by atoms with Crippen LogP contribution in [-0.4, -0.2) is 56.4 Å². The molecule has 0 spiro atoms. The van der Waals surface area contributed by atoms with Crippen molar-refractivity contribution in [2.45, 2.75) is 70.9 Å². The number of ether oxygens (including phenoxy) is 7. The summed E-state index contributed by atoms with van der Waals surface area (Å²) in [5.41, 5.74) is 5.24. The number of methoxy groups -OCH3 is 1. The van der Waals surface area contributed by atoms with Crippen LogP contribution in [0, 0.1) is 0 Å². The fraction of sp³-hybridized carbons (Fsp3) is 0.467. The van der Waals surface area contributed by atoms with Gasteiger partial charge in [0.2, 0.25) is 0 Å². The number of carbonyl (C=O) groups is 4. The minimum Gasteiger partial charge on any atom is -0.468 e. The van der Waals surface area contributed by atoms with E-state index in [1.165, 1.54) is 25.3 Å². The van der Waals surface area contributed by atoms with E-state index in [0.717, 1.165) is 12.8 Å². The molecule has 2 aromatic carbocycles. The molecule has 2 rings (SSSR count). The lowest BCUT2D eigenvalue weighted by Crippen LogP contribution is -2.53. The van der Waals surface area contributed by atoms with Crippen LogP contribution in [0.3, 0.4) is 0 Å². The van der Waals surface area contributed by atoms with Gasteiger partial charge < -0.3 is 38.9 Å². The van der Waals surface area contributed by atoms with Gasteiger partial charge in [-0.2, -0.15) is 0 Å². The molecule has 0 aliphatic rings. The number of carbonyl (C=O) groups excluding carboxylic acids is 4. The molecule has 0 saturated carbocycles. The van der Waals surface area contributed by atoms with E-state index in [9.17, 15) is 19.2 Å². The number of benzene rings is 2. The maximum absolute atomic E-state index is 12.8. The largest absolute Gasteiger partial charge is 0.514 e. The van der Waals surface area contributed by atoms with E-state index in [4.69, 9.17) is 38.9 Å². The lowest BCUT2D eigenvalue weighted by Gasteiger charge is -2.29. The highest BCUT2D eigenvalue weighted by molar-refractivity contribution is 5.81. The second kappa shape index (κ2) is 17.5. The first kappa shape index (κ1) is 33.9. The second-order valence-electron chi connectivity index (χ2n) is 9.51. The zero-order valence-electron chi connectivity index (χ0n) is 24.4. The van der Waals surface area contributed by atoms with Crippen molar-refractivity contribution in [3.8, 4) is 17.2 Å². The van der Waals surface area contributed by atoms with Crippen LogP contribution >= 0.6 is 0 Å². The minimum atomic E-state index is -1.67. The van der Waals surface area contributed by atoms with Gasteiger partial charge in [0.05, 0.1) is 20.3 Å². The molecule has 12 heteroatoms. The zero-order valence-corrected chi connectivity index (χ0v) is 24.4. The fourth-order valence-corrected chi connectivity index (χ4v) is 3.79. The quantitative estimate of drug-likeness (QED) is 0.117. The van der Waals surface area contributed by atoms with Crippen molar-refractivity contribution in [2.24, 2.45) is 5.73 Å². The molecule has 0 amide bonds. The van der Waals surface area contributed by atoms with E-state index in [0.29, 0.717) is 24.2 Å². The highest BCUT2D eigenvalue weighted by atomic mass is 16.7. The molecule has 230 valence electrons. The van der Waals surface area contributed by atoms with Crippen LogP contribution in [0.5, 0.6) is 17.2 Å². The van der Waals surface area contributed by atoms with E-state index in [1.54, 1.807) is 37.3 Å². The average molecular weight is 590 g/mol. The summed E-state index contributed by atoms with van der Waals surface area (Å²) in [7, 11) is 1.18. The Balaban J connectivity index is 2.22. The van der Waals surface area contributed by atoms with Crippen LogP contribution in [0.1, 0.15) is 58.4 Å². The van der Waals surface area contributed by atoms with E-state index >= 15 is 0 Å². The molecule has 42 heavy (non-hydrogen) atoms. The van der Waals surface area contributed by atoms with Gasteiger partial charge in [0, 0.05) is 12.8 Å². The molecule has 12 nitrogen and oxygen atoms in total. The number of hydrogen-bond acceptors (Lipinski definition) is 12. The minimum absolute atomic E-state index is 0.103. The molecule has 2 atom stereocenters. The van der Waals surface area contributed by atoms with E-state index in [-0.39, 0.29) is 37.6 Å². The Morgan fingerprint density at radius 2 is 1.40 bits per heavy atom. The maximum Gasteiger partial charge on any atom is 0.514 e. The third-order valence-corrected chi connectivity index (χ3v) is 5.84. The number of para-hydroxylation sites is 1. The van der Waals surface area contributed by atoms with Crippen LogP contribution in [0.25, 0.3) is 0 Å². The summed E-state index contributed by atoms with van der Waals surface area (Å²) in [6, 6.07) is 12.6. The zero-order chi connectivity index (χ0) is 31.0. The number of unbranched alkanes of at least 4 members (excludes halogenated alkanes) is 2. The summed E-state index contributed by atoms with van der Waals surface area (Å²) in [5, 5.41) is 0. The van der Waals surface area contributed by atoms with Gasteiger partial charge >= 0.3 is 24.4 Å². The summed E-state index contributed by atoms with van der Waals surface area (Å²) in [6.45, 7) is 5.74. The lowest BCUT2D eigenvalue weighted by molar-refractivity contribution is -0.148. The van der Waals surface area contributed by atoms with Crippen molar-refractivity contribution >= 4 is 24.4 Å². The molecule has 0 aliphatic heterocycles. The lowest BCUT2D eigenvalue weighted by atomic mass is 9.86. The van der Waals surface area contributed by atoms with Crippen molar-refractivity contribution in [1.29, 1.82) is 0 Å². The predicted molar refractivity (Wildman–Crippen MR) is 150 cm³/mol. The van der Waals surface area contributed by atoms with Gasteiger partial charge in [-0.25, -0.2) is 14.4 Å². The van der Waals surface area contributed by atoms with Crippen LogP contribution in [0.15, 0.2) is 48.5 Å². The molecule has 0 saturated heterocycles. The second-order valence-corrected chi connectivity index (χ2v) is 9.51. The van der Waals surface area contributed by atoms with E-state index in [2.05, 4.69) is 0 Å². The smallest absolute Gasteiger partial charge is 0.468 e. The normalized spacial score (nSPS) is 12.7.